The van der Waals surface area contributed by atoms with Crippen LogP contribution in [0.2, 0.25) is 44.3 Å². The van der Waals surface area contributed by atoms with Crippen molar-refractivity contribution in [3.05, 3.63) is 28.8 Å². The molecule has 0 aromatic heterocycles. The van der Waals surface area contributed by atoms with Gasteiger partial charge in [-0.25, -0.2) is 0 Å². The molecule has 1 unspecified atom stereocenters. The first-order valence-corrected chi connectivity index (χ1v) is 14.5. The zero-order valence-electron chi connectivity index (χ0n) is 14.2. The lowest BCUT2D eigenvalue weighted by molar-refractivity contribution is -0.136. The van der Waals surface area contributed by atoms with Gasteiger partial charge in [0.2, 0.25) is 16.6 Å². The van der Waals surface area contributed by atoms with Crippen molar-refractivity contribution in [2.24, 2.45) is 5.73 Å². The summed E-state index contributed by atoms with van der Waals surface area (Å²) in [4.78, 5) is 11.9. The number of hydrogen-bond donors (Lipinski definition) is 1. The Labute approximate surface area is 140 Å². The second-order valence-electron chi connectivity index (χ2n) is 7.32. The minimum Gasteiger partial charge on any atom is -0.543 e. The van der Waals surface area contributed by atoms with Crippen molar-refractivity contribution >= 4 is 34.2 Å². The predicted octanol–water partition coefficient (Wildman–Crippen LogP) is 3.80. The molecule has 0 spiro atoms. The zero-order valence-corrected chi connectivity index (χ0v) is 17.0. The van der Waals surface area contributed by atoms with Crippen molar-refractivity contribution in [2.75, 3.05) is 0 Å². The molecule has 0 bridgehead atoms. The van der Waals surface area contributed by atoms with E-state index in [9.17, 15) is 4.79 Å². The van der Waals surface area contributed by atoms with Crippen molar-refractivity contribution in [3.8, 4) is 5.75 Å². The van der Waals surface area contributed by atoms with Gasteiger partial charge in [-0.15, -0.1) is 0 Å². The van der Waals surface area contributed by atoms with E-state index in [1.54, 1.807) is 6.07 Å². The van der Waals surface area contributed by atoms with E-state index in [1.807, 2.05) is 31.8 Å². The van der Waals surface area contributed by atoms with Gasteiger partial charge < -0.3 is 14.6 Å². The molecule has 0 radical (unpaired) electrons. The van der Waals surface area contributed by atoms with E-state index in [0.717, 1.165) is 5.56 Å². The first kappa shape index (κ1) is 19.2. The number of carbonyl (C=O) groups excluding carboxylic acids is 1. The number of hydrogen-bond acceptors (Lipinski definition) is 4. The van der Waals surface area contributed by atoms with Gasteiger partial charge in [-0.2, -0.15) is 0 Å². The summed E-state index contributed by atoms with van der Waals surface area (Å²) in [6.07, 6.45) is 0.399. The van der Waals surface area contributed by atoms with Crippen LogP contribution < -0.4 is 10.2 Å². The molecule has 0 saturated heterocycles. The molecule has 0 aliphatic rings. The summed E-state index contributed by atoms with van der Waals surface area (Å²) >= 11 is 6.25. The standard InChI is InChI=1S/C15H26ClNO3Si2/c1-21(2,3)19-14-8-7-11(9-12(14)16)10-13(17)15(18)20-22(4,5)6/h7-9,13H,10,17H2,1-6H3. The van der Waals surface area contributed by atoms with Crippen LogP contribution >= 0.6 is 11.6 Å². The van der Waals surface area contributed by atoms with Crippen LogP contribution in [0, 0.1) is 0 Å². The molecule has 0 saturated carbocycles. The average molecular weight is 360 g/mol. The van der Waals surface area contributed by atoms with Gasteiger partial charge in [0.1, 0.15) is 11.8 Å². The van der Waals surface area contributed by atoms with E-state index in [2.05, 4.69) is 19.6 Å². The summed E-state index contributed by atoms with van der Waals surface area (Å²) < 4.78 is 11.3. The summed E-state index contributed by atoms with van der Waals surface area (Å²) in [5.41, 5.74) is 6.82. The van der Waals surface area contributed by atoms with Crippen molar-refractivity contribution in [1.29, 1.82) is 0 Å². The molecule has 0 amide bonds. The van der Waals surface area contributed by atoms with E-state index < -0.39 is 22.7 Å². The van der Waals surface area contributed by atoms with E-state index in [-0.39, 0.29) is 5.97 Å². The molecule has 1 rings (SSSR count). The van der Waals surface area contributed by atoms with Gasteiger partial charge in [0, 0.05) is 0 Å². The lowest BCUT2D eigenvalue weighted by Crippen LogP contribution is -2.40. The van der Waals surface area contributed by atoms with Crippen LogP contribution in [0.15, 0.2) is 18.2 Å². The number of carbonyl (C=O) groups is 1. The Morgan fingerprint density at radius 3 is 2.23 bits per heavy atom. The van der Waals surface area contributed by atoms with Crippen molar-refractivity contribution in [3.63, 3.8) is 0 Å². The van der Waals surface area contributed by atoms with Crippen LogP contribution in [0.25, 0.3) is 0 Å². The molecule has 124 valence electrons. The lowest BCUT2D eigenvalue weighted by Gasteiger charge is -2.22. The van der Waals surface area contributed by atoms with Gasteiger partial charge in [0.05, 0.1) is 5.02 Å². The average Bonchev–Trinajstić information content (AvgIpc) is 2.29. The zero-order chi connectivity index (χ0) is 17.1. The Kier molecular flexibility index (Phi) is 6.26. The largest absolute Gasteiger partial charge is 0.543 e. The molecule has 22 heavy (non-hydrogen) atoms. The van der Waals surface area contributed by atoms with Gasteiger partial charge in [-0.3, -0.25) is 4.79 Å². The van der Waals surface area contributed by atoms with Crippen LogP contribution in [0.1, 0.15) is 5.56 Å². The smallest absolute Gasteiger partial charge is 0.309 e. The molecule has 1 atom stereocenters. The number of nitrogens with two attached hydrogens (primary N) is 1. The second-order valence-corrected chi connectivity index (χ2v) is 16.6. The molecule has 0 aliphatic heterocycles. The van der Waals surface area contributed by atoms with E-state index in [0.29, 0.717) is 17.2 Å². The van der Waals surface area contributed by atoms with Gasteiger partial charge >= 0.3 is 5.97 Å². The molecule has 0 fully saturated rings. The molecule has 1 aromatic carbocycles. The number of benzene rings is 1. The van der Waals surface area contributed by atoms with Crippen LogP contribution in [0.4, 0.5) is 0 Å². The van der Waals surface area contributed by atoms with Crippen LogP contribution in [-0.4, -0.2) is 28.6 Å². The summed E-state index contributed by atoms with van der Waals surface area (Å²) in [5, 5.41) is 0.547. The monoisotopic (exact) mass is 359 g/mol. The van der Waals surface area contributed by atoms with Gasteiger partial charge in [-0.1, -0.05) is 17.7 Å². The normalized spacial score (nSPS) is 13.6. The third-order valence-electron chi connectivity index (χ3n) is 2.58. The van der Waals surface area contributed by atoms with E-state index in [1.165, 1.54) is 0 Å². The van der Waals surface area contributed by atoms with Gasteiger partial charge in [0.25, 0.3) is 0 Å². The Hall–Kier alpha value is -0.826. The maximum Gasteiger partial charge on any atom is 0.309 e. The predicted molar refractivity (Wildman–Crippen MR) is 96.5 cm³/mol. The van der Waals surface area contributed by atoms with Crippen molar-refractivity contribution in [1.82, 2.24) is 0 Å². The van der Waals surface area contributed by atoms with Crippen molar-refractivity contribution in [2.45, 2.75) is 51.7 Å². The van der Waals surface area contributed by atoms with E-state index in [4.69, 9.17) is 26.2 Å². The highest BCUT2D eigenvalue weighted by Crippen LogP contribution is 2.28. The molecule has 2 N–H and O–H groups in total. The Balaban J connectivity index is 2.75. The fourth-order valence-electron chi connectivity index (χ4n) is 1.80. The molecule has 7 heteroatoms. The summed E-state index contributed by atoms with van der Waals surface area (Å²) in [6, 6.07) is 4.86. The molecule has 0 aliphatic carbocycles. The maximum absolute atomic E-state index is 11.9. The fraction of sp³-hybridized carbons (Fsp3) is 0.533. The number of rotatable bonds is 6. The molecule has 1 aromatic rings. The molecule has 4 nitrogen and oxygen atoms in total. The Morgan fingerprint density at radius 2 is 1.77 bits per heavy atom. The van der Waals surface area contributed by atoms with E-state index >= 15 is 0 Å². The Morgan fingerprint density at radius 1 is 1.18 bits per heavy atom. The molecule has 0 heterocycles. The maximum atomic E-state index is 11.9. The fourth-order valence-corrected chi connectivity index (χ4v) is 3.70. The summed E-state index contributed by atoms with van der Waals surface area (Å²) in [7, 11) is -3.62. The topological polar surface area (TPSA) is 61.5 Å². The molecular weight excluding hydrogens is 334 g/mol. The Bertz CT molecular complexity index is 539. The van der Waals surface area contributed by atoms with Crippen LogP contribution in [0.5, 0.6) is 5.75 Å². The van der Waals surface area contributed by atoms with Gasteiger partial charge in [-0.05, 0) is 63.4 Å². The minimum absolute atomic E-state index is 0.349. The third kappa shape index (κ3) is 6.96. The summed E-state index contributed by atoms with van der Waals surface area (Å²) in [6.45, 7) is 12.2. The van der Waals surface area contributed by atoms with Crippen LogP contribution in [-0.2, 0) is 15.6 Å². The van der Waals surface area contributed by atoms with Crippen molar-refractivity contribution < 1.29 is 13.6 Å². The minimum atomic E-state index is -1.92. The SMILES string of the molecule is C[Si](C)(C)OC(=O)C(N)Cc1ccc(O[Si](C)(C)C)c(Cl)c1. The first-order valence-electron chi connectivity index (χ1n) is 7.33. The highest BCUT2D eigenvalue weighted by molar-refractivity contribution is 6.71. The lowest BCUT2D eigenvalue weighted by atomic mass is 10.1. The second kappa shape index (κ2) is 7.16. The quantitative estimate of drug-likeness (QED) is 0.784. The highest BCUT2D eigenvalue weighted by Gasteiger charge is 2.25. The summed E-state index contributed by atoms with van der Waals surface area (Å²) in [5.74, 6) is 0.334. The highest BCUT2D eigenvalue weighted by atomic mass is 35.5. The molecular formula is C15H26ClNO3Si2. The van der Waals surface area contributed by atoms with Gasteiger partial charge in [0.15, 0.2) is 0 Å². The number of halogens is 1. The van der Waals surface area contributed by atoms with Crippen LogP contribution in [0.3, 0.4) is 0 Å². The third-order valence-corrected chi connectivity index (χ3v) is 4.52. The first-order chi connectivity index (χ1) is 9.87.